The second kappa shape index (κ2) is 5.20. The van der Waals surface area contributed by atoms with E-state index in [0.29, 0.717) is 0 Å². The normalized spacial score (nSPS) is 13.6. The van der Waals surface area contributed by atoms with Gasteiger partial charge in [0.25, 0.3) is 0 Å². The van der Waals surface area contributed by atoms with Crippen molar-refractivity contribution in [2.45, 2.75) is 52.7 Å². The maximum Gasteiger partial charge on any atom is 0.424 e. The van der Waals surface area contributed by atoms with Crippen molar-refractivity contribution in [3.05, 3.63) is 0 Å². The number of ether oxygens (including phenoxy) is 1. The molecule has 4 nitrogen and oxygen atoms in total. The minimum atomic E-state index is -0.442. The lowest BCUT2D eigenvalue weighted by Gasteiger charge is -2.26. The van der Waals surface area contributed by atoms with Crippen LogP contribution in [0, 0.1) is 0 Å². The molecule has 84 valence electrons. The Labute approximate surface area is 86.6 Å². The van der Waals surface area contributed by atoms with Crippen molar-refractivity contribution in [1.29, 1.82) is 0 Å². The van der Waals surface area contributed by atoms with Crippen LogP contribution >= 0.6 is 0 Å². The molecule has 0 aromatic rings. The van der Waals surface area contributed by atoms with E-state index in [1.165, 1.54) is 5.01 Å². The van der Waals surface area contributed by atoms with E-state index < -0.39 is 5.60 Å². The summed E-state index contributed by atoms with van der Waals surface area (Å²) in [5, 5.41) is 1.39. The number of hydrazine groups is 1. The summed E-state index contributed by atoms with van der Waals surface area (Å²) in [6, 6.07) is 0.271. The molecule has 0 aliphatic carbocycles. The number of nitrogens with one attached hydrogen (secondary N) is 1. The predicted octanol–water partition coefficient (Wildman–Crippen LogP) is 2.16. The Bertz CT molecular complexity index is 187. The first-order valence-corrected chi connectivity index (χ1v) is 4.99. The van der Waals surface area contributed by atoms with E-state index in [1.54, 1.807) is 7.05 Å². The van der Waals surface area contributed by atoms with Gasteiger partial charge in [-0.1, -0.05) is 6.92 Å². The molecule has 0 aromatic heterocycles. The molecule has 0 aliphatic heterocycles. The van der Waals surface area contributed by atoms with Crippen LogP contribution in [0.2, 0.25) is 0 Å². The van der Waals surface area contributed by atoms with Crippen LogP contribution in [0.5, 0.6) is 0 Å². The van der Waals surface area contributed by atoms with Gasteiger partial charge in [-0.3, -0.25) is 0 Å². The van der Waals surface area contributed by atoms with E-state index in [9.17, 15) is 4.79 Å². The van der Waals surface area contributed by atoms with Crippen molar-refractivity contribution >= 4 is 6.09 Å². The lowest BCUT2D eigenvalue weighted by Crippen LogP contribution is -2.46. The van der Waals surface area contributed by atoms with Crippen molar-refractivity contribution in [3.8, 4) is 0 Å². The van der Waals surface area contributed by atoms with Crippen LogP contribution in [0.4, 0.5) is 4.79 Å². The van der Waals surface area contributed by atoms with E-state index in [0.717, 1.165) is 6.42 Å². The first-order valence-electron chi connectivity index (χ1n) is 4.99. The first kappa shape index (κ1) is 13.2. The van der Waals surface area contributed by atoms with Gasteiger partial charge in [0.05, 0.1) is 0 Å². The molecule has 0 aromatic carbocycles. The lowest BCUT2D eigenvalue weighted by molar-refractivity contribution is 0.0172. The largest absolute Gasteiger partial charge is 0.443 e. The zero-order chi connectivity index (χ0) is 11.4. The van der Waals surface area contributed by atoms with Gasteiger partial charge in [0.15, 0.2) is 0 Å². The zero-order valence-corrected chi connectivity index (χ0v) is 10.0. The highest BCUT2D eigenvalue weighted by atomic mass is 16.6. The molecule has 1 N–H and O–H groups in total. The monoisotopic (exact) mass is 202 g/mol. The van der Waals surface area contributed by atoms with Gasteiger partial charge < -0.3 is 4.74 Å². The third-order valence-corrected chi connectivity index (χ3v) is 1.69. The number of carbonyl (C=O) groups excluding carboxylic acids is 1. The van der Waals surface area contributed by atoms with Gasteiger partial charge in [-0.15, -0.1) is 0 Å². The molecule has 14 heavy (non-hydrogen) atoms. The van der Waals surface area contributed by atoms with Crippen molar-refractivity contribution in [3.63, 3.8) is 0 Å². The molecular formula is C10H22N2O2. The third kappa shape index (κ3) is 5.80. The van der Waals surface area contributed by atoms with Crippen LogP contribution in [0.1, 0.15) is 41.0 Å². The van der Waals surface area contributed by atoms with Crippen molar-refractivity contribution in [2.75, 3.05) is 7.05 Å². The van der Waals surface area contributed by atoms with E-state index >= 15 is 0 Å². The van der Waals surface area contributed by atoms with Crippen LogP contribution in [0.3, 0.4) is 0 Å². The Balaban J connectivity index is 4.00. The van der Waals surface area contributed by atoms with Gasteiger partial charge in [-0.05, 0) is 34.1 Å². The quantitative estimate of drug-likeness (QED) is 0.713. The molecule has 0 spiro atoms. The zero-order valence-electron chi connectivity index (χ0n) is 10.0. The van der Waals surface area contributed by atoms with Gasteiger partial charge in [0.1, 0.15) is 5.60 Å². The van der Waals surface area contributed by atoms with Gasteiger partial charge >= 0.3 is 6.09 Å². The fraction of sp³-hybridized carbons (Fsp3) is 0.900. The third-order valence-electron chi connectivity index (χ3n) is 1.69. The highest BCUT2D eigenvalue weighted by molar-refractivity contribution is 5.67. The number of carbonyl (C=O) groups is 1. The van der Waals surface area contributed by atoms with Gasteiger partial charge in [0, 0.05) is 13.1 Å². The summed E-state index contributed by atoms with van der Waals surface area (Å²) in [6.07, 6.45) is 0.616. The van der Waals surface area contributed by atoms with Crippen molar-refractivity contribution < 1.29 is 9.53 Å². The smallest absolute Gasteiger partial charge is 0.424 e. The van der Waals surface area contributed by atoms with Crippen LogP contribution in [0.15, 0.2) is 0 Å². The summed E-state index contributed by atoms with van der Waals surface area (Å²) in [7, 11) is 1.67. The Morgan fingerprint density at radius 2 is 2.00 bits per heavy atom. The second-order valence-corrected chi connectivity index (χ2v) is 4.48. The maximum absolute atomic E-state index is 11.5. The van der Waals surface area contributed by atoms with E-state index in [-0.39, 0.29) is 12.1 Å². The molecule has 0 rings (SSSR count). The molecule has 0 saturated carbocycles. The molecule has 0 radical (unpaired) electrons. The van der Waals surface area contributed by atoms with Gasteiger partial charge in [-0.2, -0.15) is 0 Å². The summed E-state index contributed by atoms with van der Waals surface area (Å²) in [4.78, 5) is 11.5. The van der Waals surface area contributed by atoms with Crippen LogP contribution in [-0.2, 0) is 4.74 Å². The molecule has 4 heteroatoms. The fourth-order valence-corrected chi connectivity index (χ4v) is 0.805. The summed E-state index contributed by atoms with van der Waals surface area (Å²) in [5.41, 5.74) is 2.57. The summed E-state index contributed by atoms with van der Waals surface area (Å²) < 4.78 is 5.17. The Morgan fingerprint density at radius 1 is 1.50 bits per heavy atom. The number of hydrogen-bond acceptors (Lipinski definition) is 3. The molecule has 0 saturated heterocycles. The molecule has 1 unspecified atom stereocenters. The summed E-state index contributed by atoms with van der Waals surface area (Å²) in [5.74, 6) is 0. The molecule has 1 atom stereocenters. The number of nitrogens with zero attached hydrogens (tertiary/aromatic N) is 1. The van der Waals surface area contributed by atoms with Crippen molar-refractivity contribution in [1.82, 2.24) is 10.4 Å². The second-order valence-electron chi connectivity index (χ2n) is 4.48. The standard InChI is InChI=1S/C10H22N2O2/c1-7-8(2)11-12(6)9(13)14-10(3,4)5/h8,11H,7H2,1-6H3. The Kier molecular flexibility index (Phi) is 4.91. The predicted molar refractivity (Wildman–Crippen MR) is 56.9 cm³/mol. The lowest BCUT2D eigenvalue weighted by atomic mass is 10.2. The van der Waals surface area contributed by atoms with Gasteiger partial charge in [-0.25, -0.2) is 15.2 Å². The minimum absolute atomic E-state index is 0.271. The average Bonchev–Trinajstić information content (AvgIpc) is 2.00. The molecule has 0 heterocycles. The molecule has 0 bridgehead atoms. The number of hydrogen-bond donors (Lipinski definition) is 1. The summed E-state index contributed by atoms with van der Waals surface area (Å²) in [6.45, 7) is 9.62. The van der Waals surface area contributed by atoms with Crippen LogP contribution in [-0.4, -0.2) is 29.8 Å². The molecule has 0 aliphatic rings. The highest BCUT2D eigenvalue weighted by Gasteiger charge is 2.19. The van der Waals surface area contributed by atoms with Gasteiger partial charge in [0.2, 0.25) is 0 Å². The highest BCUT2D eigenvalue weighted by Crippen LogP contribution is 2.08. The van der Waals surface area contributed by atoms with Crippen molar-refractivity contribution in [2.24, 2.45) is 0 Å². The molecular weight excluding hydrogens is 180 g/mol. The minimum Gasteiger partial charge on any atom is -0.443 e. The summed E-state index contributed by atoms with van der Waals surface area (Å²) >= 11 is 0. The SMILES string of the molecule is CCC(C)NN(C)C(=O)OC(C)(C)C. The average molecular weight is 202 g/mol. The fourth-order valence-electron chi connectivity index (χ4n) is 0.805. The molecule has 1 amide bonds. The molecule has 0 fully saturated rings. The topological polar surface area (TPSA) is 41.6 Å². The number of amides is 1. The first-order chi connectivity index (χ1) is 6.26. The Morgan fingerprint density at radius 3 is 2.36 bits per heavy atom. The van der Waals surface area contributed by atoms with E-state index in [4.69, 9.17) is 4.74 Å². The van der Waals surface area contributed by atoms with Crippen LogP contribution in [0.25, 0.3) is 0 Å². The van der Waals surface area contributed by atoms with E-state index in [1.807, 2.05) is 27.7 Å². The van der Waals surface area contributed by atoms with Crippen LogP contribution < -0.4 is 5.43 Å². The maximum atomic E-state index is 11.5. The van der Waals surface area contributed by atoms with E-state index in [2.05, 4.69) is 12.3 Å². The Hall–Kier alpha value is -0.770. The number of rotatable bonds is 3.